The zero-order chi connectivity index (χ0) is 15.9. The summed E-state index contributed by atoms with van der Waals surface area (Å²) in [6.07, 6.45) is -12.0. The van der Waals surface area contributed by atoms with Gasteiger partial charge in [0.25, 0.3) is 0 Å². The van der Waals surface area contributed by atoms with E-state index in [1.54, 1.807) is 0 Å². The van der Waals surface area contributed by atoms with Crippen molar-refractivity contribution in [3.05, 3.63) is 33.8 Å². The fraction of sp³-hybridized carbons (Fsp3) is 0.300. The Labute approximate surface area is 114 Å². The summed E-state index contributed by atoms with van der Waals surface area (Å²) < 4.78 is 99.9. The Hall–Kier alpha value is -1.19. The van der Waals surface area contributed by atoms with Gasteiger partial charge in [0.2, 0.25) is 5.92 Å². The second kappa shape index (κ2) is 5.30. The van der Waals surface area contributed by atoms with Crippen LogP contribution in [0.5, 0.6) is 0 Å². The normalized spacial score (nSPS) is 12.9. The molecule has 20 heavy (non-hydrogen) atoms. The molecule has 112 valence electrons. The van der Waals surface area contributed by atoms with Crippen molar-refractivity contribution in [2.24, 2.45) is 5.92 Å². The Kier molecular flexibility index (Phi) is 4.47. The molecule has 0 bridgehead atoms. The van der Waals surface area contributed by atoms with Gasteiger partial charge in [0.15, 0.2) is 11.6 Å². The predicted octanol–water partition coefficient (Wildman–Crippen LogP) is 4.65. The summed E-state index contributed by atoms with van der Waals surface area (Å²) in [7, 11) is 0. The molecule has 0 saturated heterocycles. The van der Waals surface area contributed by atoms with Gasteiger partial charge in [-0.3, -0.25) is 4.79 Å². The molecule has 0 unspecified atom stereocenters. The number of hydrogen-bond acceptors (Lipinski definition) is 1. The first kappa shape index (κ1) is 16.9. The molecule has 0 aliphatic heterocycles. The highest BCUT2D eigenvalue weighted by molar-refractivity contribution is 9.10. The first-order valence-electron chi connectivity index (χ1n) is 4.68. The lowest BCUT2D eigenvalue weighted by molar-refractivity contribution is -0.265. The molecule has 0 heterocycles. The van der Waals surface area contributed by atoms with Gasteiger partial charge < -0.3 is 0 Å². The molecule has 1 rings (SSSR count). The fourth-order valence-corrected chi connectivity index (χ4v) is 1.71. The topological polar surface area (TPSA) is 17.1 Å². The first-order valence-corrected chi connectivity index (χ1v) is 5.47. The van der Waals surface area contributed by atoms with Crippen LogP contribution in [-0.4, -0.2) is 18.1 Å². The minimum absolute atomic E-state index is 0.379. The van der Waals surface area contributed by atoms with Crippen LogP contribution in [0.15, 0.2) is 16.6 Å². The zero-order valence-electron chi connectivity index (χ0n) is 9.04. The molecule has 0 N–H and O–H groups in total. The molecule has 1 nitrogen and oxygen atoms in total. The van der Waals surface area contributed by atoms with Crippen molar-refractivity contribution < 1.29 is 39.9 Å². The standard InChI is InChI=1S/C10H3BrF8O/c11-3-1-2-4(12)5(6(3)13)7(20)8(9(14,15)16)10(17,18)19/h1-2,8H. The van der Waals surface area contributed by atoms with Crippen molar-refractivity contribution in [1.82, 2.24) is 0 Å². The van der Waals surface area contributed by atoms with E-state index >= 15 is 0 Å². The van der Waals surface area contributed by atoms with Gasteiger partial charge in [-0.15, -0.1) is 0 Å². The van der Waals surface area contributed by atoms with E-state index in [2.05, 4.69) is 15.9 Å². The van der Waals surface area contributed by atoms with E-state index in [0.717, 1.165) is 0 Å². The van der Waals surface area contributed by atoms with E-state index in [-0.39, 0.29) is 0 Å². The first-order chi connectivity index (χ1) is 8.87. The number of carbonyl (C=O) groups is 1. The quantitative estimate of drug-likeness (QED) is 0.420. The lowest BCUT2D eigenvalue weighted by Gasteiger charge is -2.22. The van der Waals surface area contributed by atoms with Crippen LogP contribution in [0, 0.1) is 17.6 Å². The molecule has 0 aliphatic rings. The zero-order valence-corrected chi connectivity index (χ0v) is 10.6. The van der Waals surface area contributed by atoms with Crippen molar-refractivity contribution in [1.29, 1.82) is 0 Å². The average Bonchev–Trinajstić information content (AvgIpc) is 2.19. The largest absolute Gasteiger partial charge is 0.407 e. The second-order valence-electron chi connectivity index (χ2n) is 3.60. The third kappa shape index (κ3) is 3.28. The lowest BCUT2D eigenvalue weighted by Crippen LogP contribution is -2.43. The summed E-state index contributed by atoms with van der Waals surface area (Å²) in [5, 5.41) is 0. The number of halogens is 9. The lowest BCUT2D eigenvalue weighted by atomic mass is 9.95. The van der Waals surface area contributed by atoms with Crippen LogP contribution in [0.25, 0.3) is 0 Å². The summed E-state index contributed by atoms with van der Waals surface area (Å²) in [6, 6.07) is 1.09. The molecule has 0 aromatic heterocycles. The molecule has 0 amide bonds. The molecule has 0 atom stereocenters. The Morgan fingerprint density at radius 2 is 1.45 bits per heavy atom. The molecular formula is C10H3BrF8O. The molecule has 0 saturated carbocycles. The maximum absolute atomic E-state index is 13.4. The van der Waals surface area contributed by atoms with Crippen molar-refractivity contribution in [2.75, 3.05) is 0 Å². The molecule has 10 heteroatoms. The van der Waals surface area contributed by atoms with E-state index in [0.29, 0.717) is 12.1 Å². The van der Waals surface area contributed by atoms with E-state index < -0.39 is 45.7 Å². The summed E-state index contributed by atoms with van der Waals surface area (Å²) in [5.41, 5.74) is -1.89. The number of ketones is 1. The van der Waals surface area contributed by atoms with E-state index in [1.165, 1.54) is 0 Å². The highest BCUT2D eigenvalue weighted by atomic mass is 79.9. The Morgan fingerprint density at radius 3 is 1.85 bits per heavy atom. The monoisotopic (exact) mass is 370 g/mol. The number of carbonyl (C=O) groups excluding carboxylic acids is 1. The molecule has 0 fully saturated rings. The fourth-order valence-electron chi connectivity index (χ4n) is 1.38. The highest BCUT2D eigenvalue weighted by Gasteiger charge is 2.61. The Balaban J connectivity index is 3.46. The second-order valence-corrected chi connectivity index (χ2v) is 4.45. The summed E-state index contributed by atoms with van der Waals surface area (Å²) in [6.45, 7) is 0. The summed E-state index contributed by atoms with van der Waals surface area (Å²) >= 11 is 2.44. The SMILES string of the molecule is O=C(c1c(F)ccc(Br)c1F)C(C(F)(F)F)C(F)(F)F. The smallest absolute Gasteiger partial charge is 0.293 e. The number of benzene rings is 1. The third-order valence-corrected chi connectivity index (χ3v) is 2.82. The molecule has 0 radical (unpaired) electrons. The molecular weight excluding hydrogens is 368 g/mol. The number of alkyl halides is 6. The van der Waals surface area contributed by atoms with Gasteiger partial charge in [0.1, 0.15) is 5.82 Å². The molecule has 0 aliphatic carbocycles. The van der Waals surface area contributed by atoms with Crippen molar-refractivity contribution in [3.8, 4) is 0 Å². The van der Waals surface area contributed by atoms with Gasteiger partial charge in [-0.25, -0.2) is 8.78 Å². The van der Waals surface area contributed by atoms with Gasteiger partial charge >= 0.3 is 12.4 Å². The predicted molar refractivity (Wildman–Crippen MR) is 54.0 cm³/mol. The van der Waals surface area contributed by atoms with Crippen LogP contribution in [0.3, 0.4) is 0 Å². The number of Topliss-reactive ketones (excluding diaryl/α,β-unsaturated/α-hetero) is 1. The van der Waals surface area contributed by atoms with E-state index in [1.807, 2.05) is 0 Å². The maximum atomic E-state index is 13.4. The Bertz CT molecular complexity index is 519. The minimum Gasteiger partial charge on any atom is -0.293 e. The average molecular weight is 371 g/mol. The van der Waals surface area contributed by atoms with Gasteiger partial charge in [-0.05, 0) is 28.1 Å². The van der Waals surface area contributed by atoms with Gasteiger partial charge in [-0.2, -0.15) is 26.3 Å². The Morgan fingerprint density at radius 1 is 1.00 bits per heavy atom. The van der Waals surface area contributed by atoms with Crippen LogP contribution >= 0.6 is 15.9 Å². The number of hydrogen-bond donors (Lipinski definition) is 0. The van der Waals surface area contributed by atoms with Crippen LogP contribution in [0.2, 0.25) is 0 Å². The van der Waals surface area contributed by atoms with Crippen LogP contribution < -0.4 is 0 Å². The van der Waals surface area contributed by atoms with E-state index in [9.17, 15) is 39.9 Å². The summed E-state index contributed by atoms with van der Waals surface area (Å²) in [5.74, 6) is -10.9. The van der Waals surface area contributed by atoms with E-state index in [4.69, 9.17) is 0 Å². The molecule has 0 spiro atoms. The minimum atomic E-state index is -6.02. The van der Waals surface area contributed by atoms with Gasteiger partial charge in [0.05, 0.1) is 10.0 Å². The van der Waals surface area contributed by atoms with Crippen LogP contribution in [0.4, 0.5) is 35.1 Å². The molecule has 1 aromatic rings. The van der Waals surface area contributed by atoms with Crippen molar-refractivity contribution in [2.45, 2.75) is 12.4 Å². The van der Waals surface area contributed by atoms with Gasteiger partial charge in [0, 0.05) is 0 Å². The van der Waals surface area contributed by atoms with Gasteiger partial charge in [-0.1, -0.05) is 0 Å². The van der Waals surface area contributed by atoms with Crippen molar-refractivity contribution >= 4 is 21.7 Å². The number of rotatable bonds is 2. The van der Waals surface area contributed by atoms with Crippen molar-refractivity contribution in [3.63, 3.8) is 0 Å². The molecule has 1 aromatic carbocycles. The van der Waals surface area contributed by atoms with Crippen LogP contribution in [-0.2, 0) is 0 Å². The highest BCUT2D eigenvalue weighted by Crippen LogP contribution is 2.42. The summed E-state index contributed by atoms with van der Waals surface area (Å²) in [4.78, 5) is 11.3. The van der Waals surface area contributed by atoms with Crippen LogP contribution in [0.1, 0.15) is 10.4 Å². The third-order valence-electron chi connectivity index (χ3n) is 2.21. The maximum Gasteiger partial charge on any atom is 0.407 e.